The first-order valence-corrected chi connectivity index (χ1v) is 5.16. The van der Waals surface area contributed by atoms with E-state index in [9.17, 15) is 0 Å². The normalized spacial score (nSPS) is 10.6. The summed E-state index contributed by atoms with van der Waals surface area (Å²) in [6.07, 6.45) is 5.93. The first kappa shape index (κ1) is 11.5. The SMILES string of the molecule is C=Cc1ccc(C)c(C)c1C(=C)/C=C\C. The average molecular weight is 198 g/mol. The second kappa shape index (κ2) is 4.79. The molecule has 0 aromatic heterocycles. The van der Waals surface area contributed by atoms with Gasteiger partial charge in [0, 0.05) is 0 Å². The van der Waals surface area contributed by atoms with Crippen LogP contribution in [0.15, 0.2) is 37.4 Å². The molecule has 0 unspecified atom stereocenters. The molecule has 0 aliphatic carbocycles. The molecule has 1 aromatic carbocycles. The van der Waals surface area contributed by atoms with Gasteiger partial charge < -0.3 is 0 Å². The summed E-state index contributed by atoms with van der Waals surface area (Å²) in [4.78, 5) is 0. The maximum absolute atomic E-state index is 4.09. The van der Waals surface area contributed by atoms with Crippen LogP contribution in [0, 0.1) is 13.8 Å². The second-order valence-electron chi connectivity index (χ2n) is 3.70. The Balaban J connectivity index is 3.42. The van der Waals surface area contributed by atoms with Gasteiger partial charge in [0.1, 0.15) is 0 Å². The van der Waals surface area contributed by atoms with E-state index < -0.39 is 0 Å². The Hall–Kier alpha value is -1.56. The van der Waals surface area contributed by atoms with Crippen molar-refractivity contribution in [2.45, 2.75) is 20.8 Å². The highest BCUT2D eigenvalue weighted by atomic mass is 14.1. The molecule has 0 bridgehead atoms. The molecule has 1 rings (SSSR count). The molecular formula is C15H18. The van der Waals surface area contributed by atoms with Gasteiger partial charge in [0.05, 0.1) is 0 Å². The topological polar surface area (TPSA) is 0 Å². The molecule has 0 fully saturated rings. The van der Waals surface area contributed by atoms with Crippen molar-refractivity contribution in [1.82, 2.24) is 0 Å². The maximum atomic E-state index is 4.09. The molecule has 0 saturated carbocycles. The number of rotatable bonds is 3. The summed E-state index contributed by atoms with van der Waals surface area (Å²) in [5, 5.41) is 0. The van der Waals surface area contributed by atoms with Crippen molar-refractivity contribution in [2.75, 3.05) is 0 Å². The number of hydrogen-bond acceptors (Lipinski definition) is 0. The lowest BCUT2D eigenvalue weighted by molar-refractivity contribution is 1.31. The summed E-state index contributed by atoms with van der Waals surface area (Å²) in [7, 11) is 0. The van der Waals surface area contributed by atoms with Gasteiger partial charge in [0.15, 0.2) is 0 Å². The molecule has 0 aliphatic heterocycles. The standard InChI is InChI=1S/C15H18/c1-6-8-12(4)15-13(5)11(3)9-10-14(15)7-2/h6-10H,2,4H2,1,3,5H3/b8-6-. The highest BCUT2D eigenvalue weighted by molar-refractivity contribution is 5.81. The third-order valence-electron chi connectivity index (χ3n) is 2.68. The summed E-state index contributed by atoms with van der Waals surface area (Å²) >= 11 is 0. The van der Waals surface area contributed by atoms with E-state index in [1.54, 1.807) is 0 Å². The van der Waals surface area contributed by atoms with Crippen molar-refractivity contribution in [3.05, 3.63) is 59.7 Å². The van der Waals surface area contributed by atoms with E-state index in [0.29, 0.717) is 0 Å². The van der Waals surface area contributed by atoms with Gasteiger partial charge in [-0.1, -0.05) is 43.5 Å². The monoisotopic (exact) mass is 198 g/mol. The Morgan fingerprint density at radius 1 is 1.27 bits per heavy atom. The van der Waals surface area contributed by atoms with Crippen LogP contribution in [-0.2, 0) is 0 Å². The van der Waals surface area contributed by atoms with Crippen LogP contribution in [-0.4, -0.2) is 0 Å². The van der Waals surface area contributed by atoms with Crippen LogP contribution in [0.5, 0.6) is 0 Å². The number of hydrogen-bond donors (Lipinski definition) is 0. The van der Waals surface area contributed by atoms with E-state index in [-0.39, 0.29) is 0 Å². The first-order chi connectivity index (χ1) is 7.11. The highest BCUT2D eigenvalue weighted by Crippen LogP contribution is 2.26. The summed E-state index contributed by atoms with van der Waals surface area (Å²) in [5.74, 6) is 0. The van der Waals surface area contributed by atoms with Crippen molar-refractivity contribution in [3.63, 3.8) is 0 Å². The van der Waals surface area contributed by atoms with Crippen molar-refractivity contribution in [1.29, 1.82) is 0 Å². The van der Waals surface area contributed by atoms with Crippen LogP contribution in [0.1, 0.15) is 29.2 Å². The number of allylic oxidation sites excluding steroid dienone is 3. The molecule has 0 saturated heterocycles. The number of benzene rings is 1. The zero-order valence-corrected chi connectivity index (χ0v) is 9.80. The van der Waals surface area contributed by atoms with Gasteiger partial charge in [-0.15, -0.1) is 0 Å². The van der Waals surface area contributed by atoms with Gasteiger partial charge in [0.2, 0.25) is 0 Å². The predicted molar refractivity (Wildman–Crippen MR) is 69.9 cm³/mol. The summed E-state index contributed by atoms with van der Waals surface area (Å²) in [6, 6.07) is 4.22. The molecule has 0 heterocycles. The Labute approximate surface area is 92.6 Å². The molecule has 0 aliphatic rings. The third-order valence-corrected chi connectivity index (χ3v) is 2.68. The molecule has 78 valence electrons. The largest absolute Gasteiger partial charge is 0.0984 e. The molecular weight excluding hydrogens is 180 g/mol. The molecule has 0 spiro atoms. The summed E-state index contributed by atoms with van der Waals surface area (Å²) < 4.78 is 0. The average Bonchev–Trinajstić information content (AvgIpc) is 2.22. The molecule has 0 atom stereocenters. The van der Waals surface area contributed by atoms with E-state index in [4.69, 9.17) is 0 Å². The summed E-state index contributed by atoms with van der Waals surface area (Å²) in [6.45, 7) is 14.2. The van der Waals surface area contributed by atoms with Crippen molar-refractivity contribution < 1.29 is 0 Å². The van der Waals surface area contributed by atoms with Crippen LogP contribution in [0.3, 0.4) is 0 Å². The number of aryl methyl sites for hydroxylation is 1. The van der Waals surface area contributed by atoms with E-state index in [1.165, 1.54) is 16.7 Å². The lowest BCUT2D eigenvalue weighted by Crippen LogP contribution is -1.93. The van der Waals surface area contributed by atoms with Gasteiger partial charge in [-0.05, 0) is 48.6 Å². The van der Waals surface area contributed by atoms with E-state index in [2.05, 4.69) is 39.1 Å². The van der Waals surface area contributed by atoms with Gasteiger partial charge in [0.25, 0.3) is 0 Å². The predicted octanol–water partition coefficient (Wildman–Crippen LogP) is 4.54. The minimum Gasteiger partial charge on any atom is -0.0984 e. The molecule has 0 amide bonds. The lowest BCUT2D eigenvalue weighted by atomic mass is 9.92. The molecule has 0 radical (unpaired) electrons. The van der Waals surface area contributed by atoms with Crippen LogP contribution >= 0.6 is 0 Å². The molecule has 0 N–H and O–H groups in total. The van der Waals surface area contributed by atoms with E-state index >= 15 is 0 Å². The lowest BCUT2D eigenvalue weighted by Gasteiger charge is -2.12. The fourth-order valence-corrected chi connectivity index (χ4v) is 1.72. The maximum Gasteiger partial charge on any atom is -0.00858 e. The first-order valence-electron chi connectivity index (χ1n) is 5.16. The smallest absolute Gasteiger partial charge is 0.00858 e. The van der Waals surface area contributed by atoms with E-state index in [0.717, 1.165) is 11.1 Å². The van der Waals surface area contributed by atoms with Crippen molar-refractivity contribution >= 4 is 11.6 Å². The Bertz CT molecular complexity index is 420. The Morgan fingerprint density at radius 2 is 1.93 bits per heavy atom. The second-order valence-corrected chi connectivity index (χ2v) is 3.70. The van der Waals surface area contributed by atoms with Crippen molar-refractivity contribution in [2.24, 2.45) is 0 Å². The zero-order chi connectivity index (χ0) is 11.4. The zero-order valence-electron chi connectivity index (χ0n) is 9.80. The summed E-state index contributed by atoms with van der Waals surface area (Å²) in [5.41, 5.74) is 6.00. The van der Waals surface area contributed by atoms with E-state index in [1.807, 2.05) is 25.2 Å². The van der Waals surface area contributed by atoms with Gasteiger partial charge in [-0.2, -0.15) is 0 Å². The molecule has 1 aromatic rings. The van der Waals surface area contributed by atoms with Crippen molar-refractivity contribution in [3.8, 4) is 0 Å². The molecule has 15 heavy (non-hydrogen) atoms. The van der Waals surface area contributed by atoms with Gasteiger partial charge in [-0.25, -0.2) is 0 Å². The highest BCUT2D eigenvalue weighted by Gasteiger charge is 2.06. The minimum absolute atomic E-state index is 1.05. The molecule has 0 nitrogen and oxygen atoms in total. The van der Waals surface area contributed by atoms with Crippen LogP contribution < -0.4 is 0 Å². The Morgan fingerprint density at radius 3 is 2.47 bits per heavy atom. The third kappa shape index (κ3) is 2.27. The van der Waals surface area contributed by atoms with Gasteiger partial charge >= 0.3 is 0 Å². The quantitative estimate of drug-likeness (QED) is 0.626. The minimum atomic E-state index is 1.05. The molecule has 0 heteroatoms. The van der Waals surface area contributed by atoms with Gasteiger partial charge in [-0.3, -0.25) is 0 Å². The van der Waals surface area contributed by atoms with Crippen LogP contribution in [0.2, 0.25) is 0 Å². The fourth-order valence-electron chi connectivity index (χ4n) is 1.72. The Kier molecular flexibility index (Phi) is 3.68. The van der Waals surface area contributed by atoms with Crippen LogP contribution in [0.25, 0.3) is 11.6 Å². The fraction of sp³-hybridized carbons (Fsp3) is 0.200. The van der Waals surface area contributed by atoms with Crippen LogP contribution in [0.4, 0.5) is 0 Å².